The van der Waals surface area contributed by atoms with Crippen molar-refractivity contribution in [2.75, 3.05) is 13.7 Å². The number of nitrogens with one attached hydrogen (secondary N) is 1. The summed E-state index contributed by atoms with van der Waals surface area (Å²) in [5, 5.41) is 21.5. The third-order valence-corrected chi connectivity index (χ3v) is 6.70. The summed E-state index contributed by atoms with van der Waals surface area (Å²) < 4.78 is 13.4. The van der Waals surface area contributed by atoms with Crippen LogP contribution in [0.25, 0.3) is 11.3 Å². The third-order valence-electron chi connectivity index (χ3n) is 6.70. The minimum Gasteiger partial charge on any atom is -0.496 e. The Bertz CT molecular complexity index is 880. The van der Waals surface area contributed by atoms with Crippen molar-refractivity contribution < 1.29 is 19.4 Å². The lowest BCUT2D eigenvalue weighted by Gasteiger charge is -2.37. The molecule has 1 aliphatic carbocycles. The topological polar surface area (TPSA) is 98.5 Å². The van der Waals surface area contributed by atoms with Crippen LogP contribution in [0.4, 0.5) is 0 Å². The van der Waals surface area contributed by atoms with Crippen molar-refractivity contribution in [1.29, 1.82) is 0 Å². The highest BCUT2D eigenvalue weighted by molar-refractivity contribution is 5.79. The van der Waals surface area contributed by atoms with E-state index in [0.29, 0.717) is 6.54 Å². The molecular formula is C24H34N4O4. The van der Waals surface area contributed by atoms with Gasteiger partial charge in [0.05, 0.1) is 32.1 Å². The highest BCUT2D eigenvalue weighted by atomic mass is 16.5. The van der Waals surface area contributed by atoms with Gasteiger partial charge in [0.1, 0.15) is 17.5 Å². The van der Waals surface area contributed by atoms with Crippen molar-refractivity contribution in [2.24, 2.45) is 5.92 Å². The highest BCUT2D eigenvalue weighted by Crippen LogP contribution is 2.28. The van der Waals surface area contributed by atoms with Crippen molar-refractivity contribution in [3.63, 3.8) is 0 Å². The predicted octanol–water partition coefficient (Wildman–Crippen LogP) is 2.95. The molecule has 0 unspecified atom stereocenters. The number of rotatable bonds is 8. The van der Waals surface area contributed by atoms with Crippen molar-refractivity contribution in [1.82, 2.24) is 20.3 Å². The van der Waals surface area contributed by atoms with Crippen LogP contribution in [0, 0.1) is 5.92 Å². The minimum absolute atomic E-state index is 0.0221. The minimum atomic E-state index is -0.360. The van der Waals surface area contributed by atoms with Crippen molar-refractivity contribution in [2.45, 2.75) is 76.2 Å². The Labute approximate surface area is 189 Å². The maximum Gasteiger partial charge on any atom is 0.223 e. The molecule has 2 fully saturated rings. The van der Waals surface area contributed by atoms with E-state index in [2.05, 4.69) is 15.6 Å². The molecule has 4 rings (SSSR count). The number of carbonyl (C=O) groups is 1. The van der Waals surface area contributed by atoms with Gasteiger partial charge in [-0.25, -0.2) is 0 Å². The Kier molecular flexibility index (Phi) is 7.76. The fourth-order valence-electron chi connectivity index (χ4n) is 4.84. The lowest BCUT2D eigenvalue weighted by molar-refractivity contribution is -0.133. The first-order valence-electron chi connectivity index (χ1n) is 11.8. The van der Waals surface area contributed by atoms with E-state index in [0.717, 1.165) is 62.0 Å². The molecule has 0 bridgehead atoms. The molecule has 8 heteroatoms. The molecule has 174 valence electrons. The van der Waals surface area contributed by atoms with Crippen LogP contribution >= 0.6 is 0 Å². The number of methoxy groups -OCH3 is 1. The highest BCUT2D eigenvalue weighted by Gasteiger charge is 2.33. The first-order chi connectivity index (χ1) is 15.7. The second-order valence-corrected chi connectivity index (χ2v) is 8.86. The van der Waals surface area contributed by atoms with Crippen LogP contribution in [-0.2, 0) is 16.1 Å². The molecule has 1 aromatic carbocycles. The van der Waals surface area contributed by atoms with Gasteiger partial charge in [-0.15, -0.1) is 5.10 Å². The normalized spacial score (nSPS) is 24.2. The maximum atomic E-state index is 12.6. The van der Waals surface area contributed by atoms with Gasteiger partial charge in [0, 0.05) is 18.0 Å². The number of carbonyl (C=O) groups excluding carboxylic acids is 1. The molecule has 0 spiro atoms. The third kappa shape index (κ3) is 5.48. The number of aryl methyl sites for hydroxylation is 1. The number of hydrogen-bond donors (Lipinski definition) is 2. The largest absolute Gasteiger partial charge is 0.496 e. The Hall–Kier alpha value is -2.45. The SMILES string of the molecule is COc1ccccc1-c1cn(CC[C@H]2CC[C@H](NC(=O)C3CCCCC3)[C@H](CO)O2)nn1. The van der Waals surface area contributed by atoms with Gasteiger partial charge in [-0.2, -0.15) is 0 Å². The van der Waals surface area contributed by atoms with Gasteiger partial charge in [-0.3, -0.25) is 9.48 Å². The zero-order valence-corrected chi connectivity index (χ0v) is 18.8. The molecule has 1 amide bonds. The van der Waals surface area contributed by atoms with Crippen LogP contribution < -0.4 is 10.1 Å². The molecule has 1 aromatic heterocycles. The molecule has 2 N–H and O–H groups in total. The maximum absolute atomic E-state index is 12.6. The smallest absolute Gasteiger partial charge is 0.223 e. The molecule has 2 aromatic rings. The fraction of sp³-hybridized carbons (Fsp3) is 0.625. The molecule has 8 nitrogen and oxygen atoms in total. The fourth-order valence-corrected chi connectivity index (χ4v) is 4.84. The van der Waals surface area contributed by atoms with E-state index in [9.17, 15) is 9.90 Å². The van der Waals surface area contributed by atoms with E-state index in [4.69, 9.17) is 9.47 Å². The van der Waals surface area contributed by atoms with Gasteiger partial charge >= 0.3 is 0 Å². The number of ether oxygens (including phenoxy) is 2. The lowest BCUT2D eigenvalue weighted by Crippen LogP contribution is -2.52. The van der Waals surface area contributed by atoms with E-state index in [1.165, 1.54) is 6.42 Å². The summed E-state index contributed by atoms with van der Waals surface area (Å²) in [5.74, 6) is 1.01. The van der Waals surface area contributed by atoms with E-state index < -0.39 is 0 Å². The predicted molar refractivity (Wildman–Crippen MR) is 120 cm³/mol. The zero-order chi connectivity index (χ0) is 22.3. The first kappa shape index (κ1) is 22.7. The van der Waals surface area contributed by atoms with Gasteiger partial charge in [-0.1, -0.05) is 36.6 Å². The first-order valence-corrected chi connectivity index (χ1v) is 11.8. The zero-order valence-electron chi connectivity index (χ0n) is 18.8. The Morgan fingerprint density at radius 3 is 2.81 bits per heavy atom. The van der Waals surface area contributed by atoms with Crippen LogP contribution in [0.2, 0.25) is 0 Å². The van der Waals surface area contributed by atoms with Crippen molar-refractivity contribution in [3.05, 3.63) is 30.5 Å². The molecule has 2 aliphatic rings. The van der Waals surface area contributed by atoms with Gasteiger partial charge in [-0.05, 0) is 44.2 Å². The van der Waals surface area contributed by atoms with E-state index in [1.807, 2.05) is 35.1 Å². The van der Waals surface area contributed by atoms with E-state index in [-0.39, 0.29) is 36.7 Å². The van der Waals surface area contributed by atoms with Crippen LogP contribution in [-0.4, -0.2) is 58.0 Å². The second-order valence-electron chi connectivity index (χ2n) is 8.86. The second kappa shape index (κ2) is 10.9. The van der Waals surface area contributed by atoms with Crippen LogP contribution in [0.15, 0.2) is 30.5 Å². The molecule has 0 radical (unpaired) electrons. The molecule has 2 heterocycles. The summed E-state index contributed by atoms with van der Waals surface area (Å²) in [7, 11) is 1.64. The molecule has 1 saturated heterocycles. The number of aliphatic hydroxyl groups excluding tert-OH is 1. The van der Waals surface area contributed by atoms with Crippen LogP contribution in [0.3, 0.4) is 0 Å². The van der Waals surface area contributed by atoms with Crippen LogP contribution in [0.5, 0.6) is 5.75 Å². The summed E-state index contributed by atoms with van der Waals surface area (Å²) >= 11 is 0. The van der Waals surface area contributed by atoms with Crippen LogP contribution in [0.1, 0.15) is 51.4 Å². The molecule has 1 aliphatic heterocycles. The number of hydrogen-bond acceptors (Lipinski definition) is 6. The summed E-state index contributed by atoms with van der Waals surface area (Å²) in [4.78, 5) is 12.6. The average Bonchev–Trinajstić information content (AvgIpc) is 3.32. The van der Waals surface area contributed by atoms with E-state index in [1.54, 1.807) is 7.11 Å². The number of para-hydroxylation sites is 1. The summed E-state index contributed by atoms with van der Waals surface area (Å²) in [5.41, 5.74) is 1.68. The molecule has 3 atom stereocenters. The number of aliphatic hydroxyl groups is 1. The Morgan fingerprint density at radius 1 is 1.22 bits per heavy atom. The van der Waals surface area contributed by atoms with Gasteiger partial charge in [0.2, 0.25) is 5.91 Å². The number of benzene rings is 1. The van der Waals surface area contributed by atoms with Gasteiger partial charge in [0.25, 0.3) is 0 Å². The van der Waals surface area contributed by atoms with Crippen molar-refractivity contribution in [3.8, 4) is 17.0 Å². The molecule has 1 saturated carbocycles. The number of nitrogens with zero attached hydrogens (tertiary/aromatic N) is 3. The standard InChI is InChI=1S/C24H34N4O4/c1-31-22-10-6-5-9-19(22)21-15-28(27-26-21)14-13-18-11-12-20(23(16-29)32-18)25-24(30)17-7-3-2-4-8-17/h5-6,9-10,15,17-18,20,23,29H,2-4,7-8,11-14,16H2,1H3,(H,25,30)/t18-,20+,23+/m1/s1. The van der Waals surface area contributed by atoms with Gasteiger partial charge < -0.3 is 19.9 Å². The Balaban J connectivity index is 1.28. The Morgan fingerprint density at radius 2 is 2.03 bits per heavy atom. The van der Waals surface area contributed by atoms with Crippen molar-refractivity contribution >= 4 is 5.91 Å². The molecule has 32 heavy (non-hydrogen) atoms. The molecular weight excluding hydrogens is 408 g/mol. The summed E-state index contributed by atoms with van der Waals surface area (Å²) in [6, 6.07) is 7.63. The summed E-state index contributed by atoms with van der Waals surface area (Å²) in [6.07, 6.45) is 9.45. The summed E-state index contributed by atoms with van der Waals surface area (Å²) in [6.45, 7) is 0.581. The monoisotopic (exact) mass is 442 g/mol. The van der Waals surface area contributed by atoms with Gasteiger partial charge in [0.15, 0.2) is 0 Å². The number of amides is 1. The lowest BCUT2D eigenvalue weighted by atomic mass is 9.88. The quantitative estimate of drug-likeness (QED) is 0.652. The number of aromatic nitrogens is 3. The van der Waals surface area contributed by atoms with E-state index >= 15 is 0 Å². The average molecular weight is 443 g/mol.